The molecular formula is C23H18FN4O. The largest absolute Gasteiger partial charge is 0.392 e. The van der Waals surface area contributed by atoms with Crippen molar-refractivity contribution in [1.29, 1.82) is 0 Å². The Morgan fingerprint density at radius 3 is 2.76 bits per heavy atom. The van der Waals surface area contributed by atoms with Crippen LogP contribution >= 0.6 is 0 Å². The van der Waals surface area contributed by atoms with E-state index in [-0.39, 0.29) is 24.4 Å². The van der Waals surface area contributed by atoms with Gasteiger partial charge >= 0.3 is 0 Å². The number of hydrogen-bond donors (Lipinski definition) is 2. The number of benzene rings is 3. The molecule has 1 aromatic heterocycles. The van der Waals surface area contributed by atoms with Crippen LogP contribution in [0.25, 0.3) is 22.0 Å². The van der Waals surface area contributed by atoms with Crippen LogP contribution in [-0.4, -0.2) is 15.1 Å². The number of nitrogen functional groups attached to an aromatic ring is 1. The lowest BCUT2D eigenvalue weighted by Gasteiger charge is -2.15. The van der Waals surface area contributed by atoms with Crippen molar-refractivity contribution in [3.8, 4) is 11.1 Å². The summed E-state index contributed by atoms with van der Waals surface area (Å²) in [5.41, 5.74) is 11.9. The Kier molecular flexibility index (Phi) is 4.23. The van der Waals surface area contributed by atoms with Gasteiger partial charge in [-0.2, -0.15) is 0 Å². The Morgan fingerprint density at radius 2 is 1.90 bits per heavy atom. The highest BCUT2D eigenvalue weighted by Crippen LogP contribution is 2.36. The van der Waals surface area contributed by atoms with Crippen LogP contribution < -0.4 is 11.1 Å². The van der Waals surface area contributed by atoms with E-state index in [0.29, 0.717) is 12.1 Å². The molecule has 0 amide bonds. The first-order valence-corrected chi connectivity index (χ1v) is 9.35. The summed E-state index contributed by atoms with van der Waals surface area (Å²) in [4.78, 5) is 8.91. The minimum absolute atomic E-state index is 0.206. The van der Waals surface area contributed by atoms with Crippen LogP contribution in [0.4, 0.5) is 10.3 Å². The number of hydrogen-bond acceptors (Lipinski definition) is 4. The molecule has 4 aromatic rings. The minimum atomic E-state index is -0.378. The Hall–Kier alpha value is -3.35. The number of fused-ring (bicyclic) bond motifs is 2. The van der Waals surface area contributed by atoms with E-state index in [2.05, 4.69) is 22.1 Å². The maximum absolute atomic E-state index is 13.6. The van der Waals surface area contributed by atoms with E-state index in [4.69, 9.17) is 11.1 Å². The molecule has 3 N–H and O–H groups in total. The minimum Gasteiger partial charge on any atom is -0.392 e. The van der Waals surface area contributed by atoms with Gasteiger partial charge in [0.15, 0.2) is 0 Å². The van der Waals surface area contributed by atoms with Crippen LogP contribution in [0.5, 0.6) is 0 Å². The molecule has 29 heavy (non-hydrogen) atoms. The lowest BCUT2D eigenvalue weighted by molar-refractivity contribution is 0.282. The topological polar surface area (TPSA) is 86.1 Å². The van der Waals surface area contributed by atoms with E-state index in [1.807, 2.05) is 30.3 Å². The van der Waals surface area contributed by atoms with Crippen LogP contribution in [0, 0.1) is 5.82 Å². The number of aromatic nitrogens is 2. The van der Waals surface area contributed by atoms with Crippen LogP contribution in [0.15, 0.2) is 60.7 Å². The van der Waals surface area contributed by atoms with Crippen LogP contribution in [0.1, 0.15) is 28.4 Å². The highest BCUT2D eigenvalue weighted by Gasteiger charge is 2.27. The first-order valence-electron chi connectivity index (χ1n) is 9.35. The zero-order valence-corrected chi connectivity index (χ0v) is 15.5. The third-order valence-corrected chi connectivity index (χ3v) is 5.34. The lowest BCUT2D eigenvalue weighted by atomic mass is 9.95. The summed E-state index contributed by atoms with van der Waals surface area (Å²) in [6.07, 6.45) is 0. The lowest BCUT2D eigenvalue weighted by Crippen LogP contribution is -2.11. The third-order valence-electron chi connectivity index (χ3n) is 5.34. The molecule has 1 aliphatic heterocycles. The summed E-state index contributed by atoms with van der Waals surface area (Å²) in [5, 5.41) is 15.3. The number of aliphatic hydroxyl groups is 1. The van der Waals surface area contributed by atoms with E-state index in [0.717, 1.165) is 33.3 Å². The molecule has 2 heterocycles. The smallest absolute Gasteiger partial charge is 0.220 e. The molecule has 1 atom stereocenters. The second-order valence-electron chi connectivity index (χ2n) is 7.10. The van der Waals surface area contributed by atoms with E-state index in [9.17, 15) is 9.50 Å². The molecule has 1 aliphatic rings. The molecular weight excluding hydrogens is 367 g/mol. The van der Waals surface area contributed by atoms with Gasteiger partial charge < -0.3 is 10.8 Å². The molecule has 1 radical (unpaired) electrons. The Balaban J connectivity index is 1.71. The SMILES string of the molecule is Nc1nc(C2[N]Cc3ccccc32)c2cc(-c3ccc(F)cc3CO)ccc2n1. The average molecular weight is 385 g/mol. The molecule has 0 saturated carbocycles. The van der Waals surface area contributed by atoms with Gasteiger partial charge in [-0.05, 0) is 52.1 Å². The number of nitrogens with zero attached hydrogens (tertiary/aromatic N) is 3. The summed E-state index contributed by atoms with van der Waals surface area (Å²) in [6, 6.07) is 18.1. The van der Waals surface area contributed by atoms with Gasteiger partial charge in [-0.3, -0.25) is 0 Å². The average Bonchev–Trinajstić information content (AvgIpc) is 3.17. The molecule has 0 aliphatic carbocycles. The summed E-state index contributed by atoms with van der Waals surface area (Å²) < 4.78 is 13.6. The van der Waals surface area contributed by atoms with E-state index < -0.39 is 0 Å². The Morgan fingerprint density at radius 1 is 1.03 bits per heavy atom. The second-order valence-corrected chi connectivity index (χ2v) is 7.10. The van der Waals surface area contributed by atoms with Crippen LogP contribution in [0.3, 0.4) is 0 Å². The van der Waals surface area contributed by atoms with Gasteiger partial charge in [0.2, 0.25) is 5.95 Å². The molecule has 5 nitrogen and oxygen atoms in total. The fourth-order valence-corrected chi connectivity index (χ4v) is 3.99. The second kappa shape index (κ2) is 6.92. The number of rotatable bonds is 3. The van der Waals surface area contributed by atoms with Crippen LogP contribution in [0.2, 0.25) is 0 Å². The molecule has 3 aromatic carbocycles. The maximum atomic E-state index is 13.6. The molecule has 5 rings (SSSR count). The van der Waals surface area contributed by atoms with Crippen LogP contribution in [-0.2, 0) is 13.2 Å². The monoisotopic (exact) mass is 385 g/mol. The number of halogens is 1. The fraction of sp³-hybridized carbons (Fsp3) is 0.130. The van der Waals surface area contributed by atoms with E-state index in [1.54, 1.807) is 6.07 Å². The highest BCUT2D eigenvalue weighted by molar-refractivity contribution is 5.88. The summed E-state index contributed by atoms with van der Waals surface area (Å²) in [5.74, 6) is -0.172. The van der Waals surface area contributed by atoms with E-state index >= 15 is 0 Å². The first-order chi connectivity index (χ1) is 14.1. The van der Waals surface area contributed by atoms with Crippen molar-refractivity contribution in [2.75, 3.05) is 5.73 Å². The highest BCUT2D eigenvalue weighted by atomic mass is 19.1. The standard InChI is InChI=1S/C23H18FN4O/c24-16-6-7-17(15(9-16)12-29)13-5-8-20-19(10-13)22(28-23(25)27-20)21-18-4-2-1-3-14(18)11-26-21/h1-10,21,29H,11-12H2,(H2,25,27,28). The van der Waals surface area contributed by atoms with Gasteiger partial charge in [-0.1, -0.05) is 36.4 Å². The van der Waals surface area contributed by atoms with Crippen molar-refractivity contribution in [3.63, 3.8) is 0 Å². The predicted octanol–water partition coefficient (Wildman–Crippen LogP) is 3.72. The number of aliphatic hydroxyl groups excluding tert-OH is 1. The van der Waals surface area contributed by atoms with Crippen molar-refractivity contribution in [2.24, 2.45) is 0 Å². The molecule has 143 valence electrons. The normalized spacial score (nSPS) is 15.6. The van der Waals surface area contributed by atoms with Gasteiger partial charge in [0.25, 0.3) is 0 Å². The van der Waals surface area contributed by atoms with Gasteiger partial charge in [-0.25, -0.2) is 19.7 Å². The molecule has 0 bridgehead atoms. The number of anilines is 1. The summed E-state index contributed by atoms with van der Waals surface area (Å²) >= 11 is 0. The molecule has 6 heteroatoms. The van der Waals surface area contributed by atoms with Crippen molar-refractivity contribution in [2.45, 2.75) is 19.2 Å². The predicted molar refractivity (Wildman–Crippen MR) is 109 cm³/mol. The summed E-state index contributed by atoms with van der Waals surface area (Å²) in [6.45, 7) is 0.389. The van der Waals surface area contributed by atoms with Gasteiger partial charge in [-0.15, -0.1) is 0 Å². The molecule has 0 saturated heterocycles. The quantitative estimate of drug-likeness (QED) is 0.563. The zero-order valence-electron chi connectivity index (χ0n) is 15.5. The van der Waals surface area contributed by atoms with Crippen molar-refractivity contribution in [1.82, 2.24) is 15.3 Å². The van der Waals surface area contributed by atoms with Crippen molar-refractivity contribution in [3.05, 3.63) is 88.9 Å². The number of nitrogens with two attached hydrogens (primary N) is 1. The molecule has 0 spiro atoms. The Bertz CT molecular complexity index is 1240. The molecule has 0 fully saturated rings. The van der Waals surface area contributed by atoms with Gasteiger partial charge in [0.05, 0.1) is 23.9 Å². The zero-order chi connectivity index (χ0) is 20.0. The fourth-order valence-electron chi connectivity index (χ4n) is 3.99. The Labute approximate surface area is 167 Å². The van der Waals surface area contributed by atoms with Gasteiger partial charge in [0.1, 0.15) is 5.82 Å². The van der Waals surface area contributed by atoms with Crippen molar-refractivity contribution >= 4 is 16.9 Å². The van der Waals surface area contributed by atoms with E-state index in [1.165, 1.54) is 17.7 Å². The third kappa shape index (κ3) is 3.03. The summed E-state index contributed by atoms with van der Waals surface area (Å²) in [7, 11) is 0. The first kappa shape index (κ1) is 17.7. The maximum Gasteiger partial charge on any atom is 0.220 e. The van der Waals surface area contributed by atoms with Gasteiger partial charge in [0, 0.05) is 11.9 Å². The molecule has 1 unspecified atom stereocenters. The van der Waals surface area contributed by atoms with Crippen molar-refractivity contribution < 1.29 is 9.50 Å².